The van der Waals surface area contributed by atoms with Gasteiger partial charge in [-0.25, -0.2) is 19.2 Å². The molecule has 2 aliphatic carbocycles. The molecule has 19 nitrogen and oxygen atoms in total. The number of nitrogens with one attached hydrogen (secondary N) is 6. The van der Waals surface area contributed by atoms with Crippen LogP contribution in [0.1, 0.15) is 70.3 Å². The number of H-pyrrole nitrogens is 2. The van der Waals surface area contributed by atoms with Crippen molar-refractivity contribution in [2.75, 3.05) is 23.7 Å². The number of carboxylic acid groups (broad SMARTS) is 4. The number of rotatable bonds is 8. The van der Waals surface area contributed by atoms with Gasteiger partial charge in [0.15, 0.2) is 11.5 Å². The van der Waals surface area contributed by atoms with Crippen LogP contribution in [0.2, 0.25) is 0 Å². The van der Waals surface area contributed by atoms with E-state index in [-0.39, 0.29) is 17.3 Å². The number of anilines is 2. The smallest absolute Gasteiger partial charge is 0.414 e. The van der Waals surface area contributed by atoms with Crippen LogP contribution in [0, 0.1) is 0 Å². The van der Waals surface area contributed by atoms with Crippen molar-refractivity contribution in [2.45, 2.75) is 64.5 Å². The molecule has 0 fully saturated rings. The van der Waals surface area contributed by atoms with E-state index in [2.05, 4.69) is 57.2 Å². The number of aryl methyl sites for hydroxylation is 2. The molecule has 12 N–H and O–H groups in total. The fourth-order valence-electron chi connectivity index (χ4n) is 7.12. The van der Waals surface area contributed by atoms with Gasteiger partial charge in [0.2, 0.25) is 0 Å². The molecule has 2 atom stereocenters. The van der Waals surface area contributed by atoms with Crippen molar-refractivity contribution in [1.29, 1.82) is 0 Å². The number of furan rings is 2. The van der Waals surface area contributed by atoms with Crippen molar-refractivity contribution < 1.29 is 63.5 Å². The SMILES string of the molecule is CCNC1CCc2[nH]c3ccc(NC(=O)c4ccco4)cc3c2C1.CCNC1CCc2[nH]c3ccc(NC(=O)c4ccco4)cc3c2C1.O.O=C(O)C(=O)O.O=C(O)C(=O)O. The molecule has 0 aliphatic heterocycles. The molecule has 6 aromatic rings. The highest BCUT2D eigenvalue weighted by Gasteiger charge is 2.24. The van der Waals surface area contributed by atoms with Crippen LogP contribution in [0.5, 0.6) is 0 Å². The minimum Gasteiger partial charge on any atom is -0.473 e. The number of amides is 2. The van der Waals surface area contributed by atoms with Gasteiger partial charge in [0.25, 0.3) is 11.8 Å². The number of carboxylic acids is 4. The number of fused-ring (bicyclic) bond motifs is 6. The summed E-state index contributed by atoms with van der Waals surface area (Å²) in [5.41, 5.74) is 9.24. The minimum absolute atomic E-state index is 0. The summed E-state index contributed by atoms with van der Waals surface area (Å²) < 4.78 is 10.3. The Morgan fingerprint density at radius 3 is 1.30 bits per heavy atom. The lowest BCUT2D eigenvalue weighted by Crippen LogP contribution is -2.34. The Morgan fingerprint density at radius 1 is 0.607 bits per heavy atom. The molecule has 324 valence electrons. The average Bonchev–Trinajstić information content (AvgIpc) is 4.06. The Morgan fingerprint density at radius 2 is 0.984 bits per heavy atom. The molecule has 0 saturated heterocycles. The summed E-state index contributed by atoms with van der Waals surface area (Å²) in [5.74, 6) is -7.12. The minimum atomic E-state index is -1.82. The van der Waals surface area contributed by atoms with Gasteiger partial charge in [-0.2, -0.15) is 0 Å². The number of hydrogen-bond acceptors (Lipinski definition) is 10. The van der Waals surface area contributed by atoms with Gasteiger partial charge in [0.1, 0.15) is 0 Å². The Labute approximate surface area is 347 Å². The zero-order valence-corrected chi connectivity index (χ0v) is 33.3. The highest BCUT2D eigenvalue weighted by Crippen LogP contribution is 2.32. The predicted octanol–water partition coefficient (Wildman–Crippen LogP) is 4.45. The van der Waals surface area contributed by atoms with E-state index in [4.69, 9.17) is 48.4 Å². The van der Waals surface area contributed by atoms with Crippen molar-refractivity contribution in [3.63, 3.8) is 0 Å². The summed E-state index contributed by atoms with van der Waals surface area (Å²) in [6.45, 7) is 6.28. The lowest BCUT2D eigenvalue weighted by atomic mass is 9.91. The number of aromatic nitrogens is 2. The monoisotopic (exact) mass is 844 g/mol. The molecule has 19 heteroatoms. The third kappa shape index (κ3) is 12.4. The molecular formula is C42H48N6O13. The molecule has 2 aliphatic rings. The van der Waals surface area contributed by atoms with Crippen LogP contribution in [-0.4, -0.2) is 96.7 Å². The summed E-state index contributed by atoms with van der Waals surface area (Å²) in [5, 5.41) is 44.9. The third-order valence-electron chi connectivity index (χ3n) is 9.73. The van der Waals surface area contributed by atoms with E-state index in [0.717, 1.165) is 74.0 Å². The third-order valence-corrected chi connectivity index (χ3v) is 9.73. The molecule has 2 amide bonds. The predicted molar refractivity (Wildman–Crippen MR) is 223 cm³/mol. The Bertz CT molecular complexity index is 2260. The van der Waals surface area contributed by atoms with E-state index in [1.807, 2.05) is 24.3 Å². The van der Waals surface area contributed by atoms with Gasteiger partial charge in [-0.05, 0) is 123 Å². The summed E-state index contributed by atoms with van der Waals surface area (Å²) in [7, 11) is 0. The second-order valence-corrected chi connectivity index (χ2v) is 13.8. The normalized spacial score (nSPS) is 14.8. The number of likely N-dealkylation sites (N-methyl/N-ethyl adjacent to an activating group) is 2. The lowest BCUT2D eigenvalue weighted by molar-refractivity contribution is -0.159. The van der Waals surface area contributed by atoms with Crippen LogP contribution < -0.4 is 21.3 Å². The number of carbonyl (C=O) groups is 6. The number of aliphatic carboxylic acids is 4. The molecule has 4 heterocycles. The zero-order chi connectivity index (χ0) is 43.3. The van der Waals surface area contributed by atoms with Gasteiger partial charge in [0.05, 0.1) is 12.5 Å². The number of hydrogen-bond donors (Lipinski definition) is 10. The van der Waals surface area contributed by atoms with Gasteiger partial charge in [-0.3, -0.25) is 9.59 Å². The first-order valence-electron chi connectivity index (χ1n) is 19.1. The fourth-order valence-corrected chi connectivity index (χ4v) is 7.12. The molecule has 2 aromatic carbocycles. The largest absolute Gasteiger partial charge is 0.473 e. The number of benzene rings is 2. The van der Waals surface area contributed by atoms with E-state index in [9.17, 15) is 9.59 Å². The van der Waals surface area contributed by atoms with Crippen molar-refractivity contribution in [2.24, 2.45) is 0 Å². The molecule has 2 unspecified atom stereocenters. The summed E-state index contributed by atoms with van der Waals surface area (Å²) in [6.07, 6.45) is 9.51. The highest BCUT2D eigenvalue weighted by molar-refractivity contribution is 6.27. The van der Waals surface area contributed by atoms with Crippen molar-refractivity contribution in [3.05, 3.63) is 107 Å². The van der Waals surface area contributed by atoms with Crippen LogP contribution in [-0.2, 0) is 44.9 Å². The first kappa shape index (κ1) is 46.5. The molecule has 8 rings (SSSR count). The van der Waals surface area contributed by atoms with E-state index in [0.29, 0.717) is 23.6 Å². The van der Waals surface area contributed by atoms with Crippen LogP contribution in [0.25, 0.3) is 21.8 Å². The maximum Gasteiger partial charge on any atom is 0.414 e. The topological polar surface area (TPSA) is 321 Å². The van der Waals surface area contributed by atoms with Crippen molar-refractivity contribution in [1.82, 2.24) is 20.6 Å². The quantitative estimate of drug-likeness (QED) is 0.0947. The van der Waals surface area contributed by atoms with Gasteiger partial charge in [0, 0.05) is 56.7 Å². The molecular weight excluding hydrogens is 796 g/mol. The van der Waals surface area contributed by atoms with Gasteiger partial charge >= 0.3 is 23.9 Å². The first-order valence-corrected chi connectivity index (χ1v) is 19.1. The van der Waals surface area contributed by atoms with E-state index in [1.54, 1.807) is 24.3 Å². The van der Waals surface area contributed by atoms with Gasteiger partial charge < -0.3 is 66.0 Å². The second-order valence-electron chi connectivity index (χ2n) is 13.8. The average molecular weight is 845 g/mol. The first-order chi connectivity index (χ1) is 28.8. The van der Waals surface area contributed by atoms with Crippen LogP contribution in [0.3, 0.4) is 0 Å². The molecule has 0 spiro atoms. The van der Waals surface area contributed by atoms with Crippen LogP contribution >= 0.6 is 0 Å². The van der Waals surface area contributed by atoms with E-state index >= 15 is 0 Å². The Balaban J connectivity index is 0.000000210. The Kier molecular flexibility index (Phi) is 16.5. The van der Waals surface area contributed by atoms with Crippen LogP contribution in [0.4, 0.5) is 11.4 Å². The summed E-state index contributed by atoms with van der Waals surface area (Å²) >= 11 is 0. The zero-order valence-electron chi connectivity index (χ0n) is 33.3. The van der Waals surface area contributed by atoms with E-state index in [1.165, 1.54) is 45.8 Å². The number of carbonyl (C=O) groups excluding carboxylic acids is 2. The molecule has 0 radical (unpaired) electrons. The summed E-state index contributed by atoms with van der Waals surface area (Å²) in [4.78, 5) is 67.8. The van der Waals surface area contributed by atoms with Crippen molar-refractivity contribution >= 4 is 68.9 Å². The standard InChI is InChI=1S/2C19H21N3O2.2C2H2O4.H2O/c2*1-2-20-12-5-7-16-14(10-12)15-11-13(6-8-17(15)22-16)21-19(23)18-4-3-9-24-18;2*3-1(4)2(5)6;/h2*3-4,6,8-9,11-12,20,22H,2,5,7,10H2,1H3,(H,21,23);2*(H,3,4)(H,5,6);1H2. The molecule has 4 aromatic heterocycles. The van der Waals surface area contributed by atoms with Crippen molar-refractivity contribution in [3.8, 4) is 0 Å². The molecule has 61 heavy (non-hydrogen) atoms. The fraction of sp³-hybridized carbons (Fsp3) is 0.286. The number of aromatic amines is 2. The highest BCUT2D eigenvalue weighted by atomic mass is 16.4. The Hall–Kier alpha value is -7.22. The van der Waals surface area contributed by atoms with E-state index < -0.39 is 23.9 Å². The second kappa shape index (κ2) is 21.7. The lowest BCUT2D eigenvalue weighted by Gasteiger charge is -2.23. The van der Waals surface area contributed by atoms with Crippen LogP contribution in [0.15, 0.2) is 82.0 Å². The molecule has 0 saturated carbocycles. The molecule has 0 bridgehead atoms. The maximum absolute atomic E-state index is 12.2. The van der Waals surface area contributed by atoms with Gasteiger partial charge in [-0.15, -0.1) is 0 Å². The van der Waals surface area contributed by atoms with Gasteiger partial charge in [-0.1, -0.05) is 13.8 Å². The summed E-state index contributed by atoms with van der Waals surface area (Å²) in [6, 6.07) is 19.8. The maximum atomic E-state index is 12.2.